The van der Waals surface area contributed by atoms with Gasteiger partial charge in [-0.05, 0) is 17.4 Å². The van der Waals surface area contributed by atoms with Crippen LogP contribution in [0.15, 0.2) is 91.0 Å². The molecule has 0 spiro atoms. The van der Waals surface area contributed by atoms with E-state index in [1.807, 2.05) is 24.3 Å². The monoisotopic (exact) mass is 836 g/mol. The zero-order valence-electron chi connectivity index (χ0n) is 32.1. The number of fused-ring (bicyclic) bond motifs is 3. The molecule has 5 aromatic carbocycles. The molecule has 0 amide bonds. The summed E-state index contributed by atoms with van der Waals surface area (Å²) in [6.45, 7) is 24.8. The van der Waals surface area contributed by atoms with Crippen molar-refractivity contribution in [3.8, 4) is 11.1 Å². The Bertz CT molecular complexity index is 1820. The predicted molar refractivity (Wildman–Crippen MR) is 229 cm³/mol. The minimum absolute atomic E-state index is 0. The summed E-state index contributed by atoms with van der Waals surface area (Å²) in [7, 11) is 0. The molecule has 0 aromatic heterocycles. The molecular weight excluding hydrogens is 786 g/mol. The summed E-state index contributed by atoms with van der Waals surface area (Å²) in [5, 5.41) is 1.57. The quantitative estimate of drug-likeness (QED) is 0.152. The molecule has 0 bridgehead atoms. The number of hydrogen-bond acceptors (Lipinski definition) is 0. The normalized spacial score (nSPS) is 11.5. The number of halogens is 4. The van der Waals surface area contributed by atoms with Gasteiger partial charge >= 0.3 is 123 Å². The van der Waals surface area contributed by atoms with E-state index in [1.165, 1.54) is 61.2 Å². The summed E-state index contributed by atoms with van der Waals surface area (Å²) in [4.78, 5) is 0. The fourth-order valence-corrected chi connectivity index (χ4v) is 8.30. The van der Waals surface area contributed by atoms with Gasteiger partial charge in [-0.15, -0.1) is 30.4 Å². The Kier molecular flexibility index (Phi) is 16.7. The Morgan fingerprint density at radius 1 is 0.627 bits per heavy atom. The van der Waals surface area contributed by atoms with Crippen molar-refractivity contribution in [1.82, 2.24) is 0 Å². The number of benzene rings is 4. The van der Waals surface area contributed by atoms with Gasteiger partial charge in [0.2, 0.25) is 0 Å². The molecule has 5 aromatic rings. The first kappa shape index (κ1) is 45.2. The Balaban J connectivity index is 0.000000272. The van der Waals surface area contributed by atoms with Crippen LogP contribution >= 0.6 is 48.0 Å². The molecule has 0 fully saturated rings. The van der Waals surface area contributed by atoms with Crippen LogP contribution in [0.25, 0.3) is 11.1 Å². The number of aryl methyl sites for hydroxylation is 2. The fourth-order valence-electron chi connectivity index (χ4n) is 5.95. The minimum atomic E-state index is -0.623. The Morgan fingerprint density at radius 2 is 1.12 bits per heavy atom. The van der Waals surface area contributed by atoms with Crippen LogP contribution in [0, 0.1) is 19.9 Å². The molecule has 1 aliphatic rings. The van der Waals surface area contributed by atoms with Crippen molar-refractivity contribution >= 4 is 55.4 Å². The van der Waals surface area contributed by atoms with Crippen molar-refractivity contribution in [2.24, 2.45) is 0 Å². The summed E-state index contributed by atoms with van der Waals surface area (Å²) in [5.41, 5.74) is 15.9. The average molecular weight is 840 g/mol. The molecule has 272 valence electrons. The summed E-state index contributed by atoms with van der Waals surface area (Å²) < 4.78 is 4.66. The van der Waals surface area contributed by atoms with Crippen molar-refractivity contribution in [2.75, 3.05) is 0 Å². The van der Waals surface area contributed by atoms with Gasteiger partial charge in [0.05, 0.1) is 0 Å². The third kappa shape index (κ3) is 13.1. The standard InChI is InChI=1S/C21H25.C11H17.2C7H5Cl.2ClH.Zr/c1-20(2,3)16-9-7-14-11-15-8-10-17(21(4,5)6)13-19(15)18(14)12-16;1-8-6-9(2)10(7-8)11(3,4)5;2*1-6-2-4-7(8)5-3-6;;;/h7,9-10,12-13H,11H2,1-6H3;6-7H,1-5H3;2*1-5H;2*1H;/q2*-1;;;;;. The maximum absolute atomic E-state index is 5.84. The van der Waals surface area contributed by atoms with Crippen LogP contribution in [-0.4, -0.2) is 7.42 Å². The third-order valence-electron chi connectivity index (χ3n) is 8.82. The second kappa shape index (κ2) is 18.9. The van der Waals surface area contributed by atoms with Crippen molar-refractivity contribution in [2.45, 2.75) is 98.8 Å². The van der Waals surface area contributed by atoms with E-state index in [0.29, 0.717) is 5.41 Å². The number of rotatable bonds is 2. The molecule has 6 rings (SSSR count). The second-order valence-corrected chi connectivity index (χ2v) is 19.4. The van der Waals surface area contributed by atoms with Gasteiger partial charge in [-0.2, -0.15) is 52.1 Å². The molecule has 0 unspecified atom stereocenters. The molecule has 1 aliphatic carbocycles. The molecule has 0 saturated carbocycles. The van der Waals surface area contributed by atoms with Gasteiger partial charge in [0.1, 0.15) is 0 Å². The van der Waals surface area contributed by atoms with Crippen molar-refractivity contribution in [3.63, 3.8) is 0 Å². The molecule has 0 radical (unpaired) electrons. The van der Waals surface area contributed by atoms with Crippen molar-refractivity contribution < 1.29 is 22.3 Å². The van der Waals surface area contributed by atoms with Crippen LogP contribution in [0.4, 0.5) is 0 Å². The zero-order chi connectivity index (χ0) is 36.1. The zero-order valence-corrected chi connectivity index (χ0v) is 37.7. The van der Waals surface area contributed by atoms with Crippen molar-refractivity contribution in [3.05, 3.63) is 157 Å². The van der Waals surface area contributed by atoms with E-state index >= 15 is 0 Å². The van der Waals surface area contributed by atoms with Crippen LogP contribution < -0.4 is 0 Å². The summed E-state index contributed by atoms with van der Waals surface area (Å²) >= 11 is 11.0. The summed E-state index contributed by atoms with van der Waals surface area (Å²) in [5.74, 6) is 0. The maximum atomic E-state index is 5.84. The molecule has 51 heavy (non-hydrogen) atoms. The predicted octanol–water partition coefficient (Wildman–Crippen LogP) is 13.9. The topological polar surface area (TPSA) is 0 Å². The molecule has 0 aliphatic heterocycles. The van der Waals surface area contributed by atoms with Gasteiger partial charge in [0, 0.05) is 0 Å². The first-order valence-corrected chi connectivity index (χ1v) is 20.8. The van der Waals surface area contributed by atoms with Crippen LogP contribution in [-0.2, 0) is 44.9 Å². The molecule has 0 heterocycles. The van der Waals surface area contributed by atoms with Crippen molar-refractivity contribution in [1.29, 1.82) is 0 Å². The third-order valence-corrected chi connectivity index (χ3v) is 11.8. The van der Waals surface area contributed by atoms with E-state index in [4.69, 9.17) is 23.2 Å². The first-order valence-electron chi connectivity index (χ1n) is 17.2. The molecule has 0 atom stereocenters. The van der Waals surface area contributed by atoms with Crippen LogP contribution in [0.1, 0.15) is 112 Å². The molecule has 0 N–H and O–H groups in total. The SMILES string of the molecule is CC(C)(C)c1c[c-]c2c(c1)-c1cc(C(C)(C)C)ccc1C2.Cc1cc(C(C)(C)C)c(C)[cH-]1.Cl.Cl.Clc1ccc([CH]=[Zr]=[CH]c2ccc(Cl)cc2)cc1. The fraction of sp³-hybridized carbons (Fsp3) is 0.326. The van der Waals surface area contributed by atoms with Gasteiger partial charge in [-0.1, -0.05) is 116 Å². The van der Waals surface area contributed by atoms with E-state index in [1.54, 1.807) is 0 Å². The van der Waals surface area contributed by atoms with E-state index in [2.05, 4.69) is 156 Å². The van der Waals surface area contributed by atoms with Gasteiger partial charge < -0.3 is 0 Å². The number of hydrogen-bond donors (Lipinski definition) is 0. The molecule has 0 saturated heterocycles. The van der Waals surface area contributed by atoms with E-state index in [-0.39, 0.29) is 35.6 Å². The van der Waals surface area contributed by atoms with E-state index in [9.17, 15) is 0 Å². The van der Waals surface area contributed by atoms with Gasteiger partial charge in [-0.25, -0.2) is 6.07 Å². The first-order chi connectivity index (χ1) is 22.8. The van der Waals surface area contributed by atoms with Gasteiger partial charge in [0.15, 0.2) is 0 Å². The average Bonchev–Trinajstić information content (AvgIpc) is 3.57. The van der Waals surface area contributed by atoms with E-state index in [0.717, 1.165) is 16.5 Å². The van der Waals surface area contributed by atoms with Crippen LogP contribution in [0.2, 0.25) is 10.0 Å². The molecule has 5 heteroatoms. The van der Waals surface area contributed by atoms with Crippen LogP contribution in [0.5, 0.6) is 0 Å². The molecule has 0 nitrogen and oxygen atoms in total. The van der Waals surface area contributed by atoms with Crippen LogP contribution in [0.3, 0.4) is 0 Å². The Hall–Kier alpha value is -1.99. The van der Waals surface area contributed by atoms with Gasteiger partial charge in [-0.3, -0.25) is 0 Å². The summed E-state index contributed by atoms with van der Waals surface area (Å²) in [6.07, 6.45) is 1.03. The summed E-state index contributed by atoms with van der Waals surface area (Å²) in [6, 6.07) is 35.5. The second-order valence-electron chi connectivity index (χ2n) is 16.3. The molecular formula is C46H54Cl4Zr-2. The van der Waals surface area contributed by atoms with E-state index < -0.39 is 22.3 Å². The Morgan fingerprint density at radius 3 is 1.53 bits per heavy atom. The Labute approximate surface area is 342 Å². The van der Waals surface area contributed by atoms with Gasteiger partial charge in [0.25, 0.3) is 0 Å².